The standard InChI is InChI=1S/C17H35NO/c1-13(2)11-15(5)19-17(12-18-6)9-7-16(8-10-17)14(3)4/h13-16,18H,7-12H2,1-6H3. The monoisotopic (exact) mass is 269 g/mol. The lowest BCUT2D eigenvalue weighted by Gasteiger charge is -2.43. The van der Waals surface area contributed by atoms with E-state index in [0.29, 0.717) is 12.0 Å². The van der Waals surface area contributed by atoms with Gasteiger partial charge < -0.3 is 10.1 Å². The van der Waals surface area contributed by atoms with Crippen molar-refractivity contribution in [1.29, 1.82) is 0 Å². The summed E-state index contributed by atoms with van der Waals surface area (Å²) in [7, 11) is 2.05. The normalized spacial score (nSPS) is 30.0. The Morgan fingerprint density at radius 3 is 2.11 bits per heavy atom. The zero-order valence-electron chi connectivity index (χ0n) is 14.0. The predicted molar refractivity (Wildman–Crippen MR) is 83.5 cm³/mol. The quantitative estimate of drug-likeness (QED) is 0.746. The average molecular weight is 269 g/mol. The molecule has 1 rings (SSSR count). The van der Waals surface area contributed by atoms with Crippen LogP contribution in [0.1, 0.15) is 66.7 Å². The van der Waals surface area contributed by atoms with Gasteiger partial charge in [-0.05, 0) is 63.8 Å². The van der Waals surface area contributed by atoms with E-state index in [0.717, 1.165) is 18.4 Å². The highest BCUT2D eigenvalue weighted by Gasteiger charge is 2.37. The Morgan fingerprint density at radius 1 is 1.11 bits per heavy atom. The zero-order valence-corrected chi connectivity index (χ0v) is 14.0. The zero-order chi connectivity index (χ0) is 14.5. The van der Waals surface area contributed by atoms with Crippen molar-refractivity contribution in [1.82, 2.24) is 5.32 Å². The molecule has 0 amide bonds. The number of nitrogens with one attached hydrogen (secondary N) is 1. The molecule has 0 bridgehead atoms. The lowest BCUT2D eigenvalue weighted by molar-refractivity contribution is -0.118. The minimum atomic E-state index is 0.0917. The van der Waals surface area contributed by atoms with Crippen LogP contribution < -0.4 is 5.32 Å². The van der Waals surface area contributed by atoms with Crippen LogP contribution >= 0.6 is 0 Å². The fraction of sp³-hybridized carbons (Fsp3) is 1.00. The van der Waals surface area contributed by atoms with E-state index in [4.69, 9.17) is 4.74 Å². The number of likely N-dealkylation sites (N-methyl/N-ethyl adjacent to an activating group) is 1. The van der Waals surface area contributed by atoms with Crippen molar-refractivity contribution in [3.63, 3.8) is 0 Å². The Hall–Kier alpha value is -0.0800. The maximum Gasteiger partial charge on any atom is 0.0810 e. The molecule has 1 unspecified atom stereocenters. The molecule has 0 heterocycles. The molecule has 1 aliphatic carbocycles. The van der Waals surface area contributed by atoms with Gasteiger partial charge in [0, 0.05) is 6.54 Å². The summed E-state index contributed by atoms with van der Waals surface area (Å²) in [5.74, 6) is 2.43. The summed E-state index contributed by atoms with van der Waals surface area (Å²) in [5.41, 5.74) is 0.0917. The highest BCUT2D eigenvalue weighted by molar-refractivity contribution is 4.90. The first-order valence-corrected chi connectivity index (χ1v) is 8.21. The van der Waals surface area contributed by atoms with Crippen molar-refractivity contribution in [2.24, 2.45) is 17.8 Å². The third kappa shape index (κ3) is 5.43. The summed E-state index contributed by atoms with van der Waals surface area (Å²) in [6.07, 6.45) is 6.64. The Kier molecular flexibility index (Phi) is 6.82. The van der Waals surface area contributed by atoms with E-state index in [1.165, 1.54) is 32.1 Å². The number of hydrogen-bond acceptors (Lipinski definition) is 2. The van der Waals surface area contributed by atoms with Crippen LogP contribution in [0.5, 0.6) is 0 Å². The van der Waals surface area contributed by atoms with Gasteiger partial charge in [-0.15, -0.1) is 0 Å². The predicted octanol–water partition coefficient (Wildman–Crippen LogP) is 4.24. The first kappa shape index (κ1) is 17.0. The topological polar surface area (TPSA) is 21.3 Å². The van der Waals surface area contributed by atoms with Crippen LogP contribution in [0.4, 0.5) is 0 Å². The van der Waals surface area contributed by atoms with Crippen molar-refractivity contribution in [2.75, 3.05) is 13.6 Å². The Labute approximate surface area is 120 Å². The van der Waals surface area contributed by atoms with Gasteiger partial charge in [-0.3, -0.25) is 0 Å². The third-order valence-corrected chi connectivity index (χ3v) is 4.64. The fourth-order valence-electron chi connectivity index (χ4n) is 3.63. The smallest absolute Gasteiger partial charge is 0.0810 e. The van der Waals surface area contributed by atoms with Gasteiger partial charge in [-0.1, -0.05) is 27.7 Å². The molecular weight excluding hydrogens is 234 g/mol. The SMILES string of the molecule is CNCC1(OC(C)CC(C)C)CCC(C(C)C)CC1. The minimum Gasteiger partial charge on any atom is -0.371 e. The summed E-state index contributed by atoms with van der Waals surface area (Å²) in [6.45, 7) is 12.5. The molecule has 0 spiro atoms. The van der Waals surface area contributed by atoms with Crippen molar-refractivity contribution in [3.05, 3.63) is 0 Å². The van der Waals surface area contributed by atoms with E-state index in [1.54, 1.807) is 0 Å². The summed E-state index contributed by atoms with van der Waals surface area (Å²) >= 11 is 0. The Bertz CT molecular complexity index is 242. The van der Waals surface area contributed by atoms with E-state index in [9.17, 15) is 0 Å². The minimum absolute atomic E-state index is 0.0917. The molecule has 2 nitrogen and oxygen atoms in total. The van der Waals surface area contributed by atoms with Crippen LogP contribution in [0.3, 0.4) is 0 Å². The van der Waals surface area contributed by atoms with Gasteiger partial charge in [0.05, 0.1) is 11.7 Å². The van der Waals surface area contributed by atoms with Gasteiger partial charge in [0.2, 0.25) is 0 Å². The van der Waals surface area contributed by atoms with Gasteiger partial charge in [-0.25, -0.2) is 0 Å². The lowest BCUT2D eigenvalue weighted by atomic mass is 9.74. The molecular formula is C17H35NO. The average Bonchev–Trinajstić information content (AvgIpc) is 2.28. The van der Waals surface area contributed by atoms with Crippen LogP contribution in [-0.4, -0.2) is 25.3 Å². The first-order valence-electron chi connectivity index (χ1n) is 8.21. The largest absolute Gasteiger partial charge is 0.371 e. The van der Waals surface area contributed by atoms with E-state index >= 15 is 0 Å². The number of hydrogen-bond donors (Lipinski definition) is 1. The van der Waals surface area contributed by atoms with E-state index in [1.807, 2.05) is 7.05 Å². The molecule has 0 aromatic rings. The van der Waals surface area contributed by atoms with Crippen molar-refractivity contribution in [2.45, 2.75) is 78.4 Å². The second-order valence-electron chi connectivity index (χ2n) is 7.35. The number of ether oxygens (including phenoxy) is 1. The molecule has 0 aromatic carbocycles. The first-order chi connectivity index (χ1) is 8.88. The van der Waals surface area contributed by atoms with Crippen LogP contribution in [0.15, 0.2) is 0 Å². The summed E-state index contributed by atoms with van der Waals surface area (Å²) in [6, 6.07) is 0. The highest BCUT2D eigenvalue weighted by atomic mass is 16.5. The molecule has 0 aromatic heterocycles. The van der Waals surface area contributed by atoms with Crippen LogP contribution in [0, 0.1) is 17.8 Å². The molecule has 0 saturated heterocycles. The number of rotatable bonds is 7. The molecule has 1 N–H and O–H groups in total. The maximum absolute atomic E-state index is 6.50. The molecule has 2 heteroatoms. The van der Waals surface area contributed by atoms with Gasteiger partial charge in [0.1, 0.15) is 0 Å². The lowest BCUT2D eigenvalue weighted by Crippen LogP contribution is -2.47. The van der Waals surface area contributed by atoms with Crippen molar-refractivity contribution >= 4 is 0 Å². The summed E-state index contributed by atoms with van der Waals surface area (Å²) in [4.78, 5) is 0. The van der Waals surface area contributed by atoms with Gasteiger partial charge in [0.15, 0.2) is 0 Å². The summed E-state index contributed by atoms with van der Waals surface area (Å²) in [5, 5.41) is 3.36. The second kappa shape index (κ2) is 7.64. The fourth-order valence-corrected chi connectivity index (χ4v) is 3.63. The molecule has 1 fully saturated rings. The van der Waals surface area contributed by atoms with Crippen molar-refractivity contribution < 1.29 is 4.74 Å². The van der Waals surface area contributed by atoms with Crippen molar-refractivity contribution in [3.8, 4) is 0 Å². The molecule has 114 valence electrons. The Morgan fingerprint density at radius 2 is 1.68 bits per heavy atom. The molecule has 1 aliphatic rings. The van der Waals surface area contributed by atoms with Gasteiger partial charge in [-0.2, -0.15) is 0 Å². The second-order valence-corrected chi connectivity index (χ2v) is 7.35. The maximum atomic E-state index is 6.50. The van der Waals surface area contributed by atoms with Gasteiger partial charge in [0.25, 0.3) is 0 Å². The molecule has 19 heavy (non-hydrogen) atoms. The molecule has 1 saturated carbocycles. The van der Waals surface area contributed by atoms with Crippen LogP contribution in [0.25, 0.3) is 0 Å². The molecule has 0 radical (unpaired) electrons. The van der Waals surface area contributed by atoms with E-state index in [-0.39, 0.29) is 5.60 Å². The van der Waals surface area contributed by atoms with Crippen LogP contribution in [-0.2, 0) is 4.74 Å². The highest BCUT2D eigenvalue weighted by Crippen LogP contribution is 2.38. The Balaban J connectivity index is 2.56. The van der Waals surface area contributed by atoms with Crippen LogP contribution in [0.2, 0.25) is 0 Å². The third-order valence-electron chi connectivity index (χ3n) is 4.64. The summed E-state index contributed by atoms with van der Waals surface area (Å²) < 4.78 is 6.50. The van der Waals surface area contributed by atoms with E-state index < -0.39 is 0 Å². The van der Waals surface area contributed by atoms with E-state index in [2.05, 4.69) is 39.9 Å². The molecule has 1 atom stereocenters. The molecule has 0 aliphatic heterocycles. The van der Waals surface area contributed by atoms with Gasteiger partial charge >= 0.3 is 0 Å².